The third-order valence-electron chi connectivity index (χ3n) is 2.16. The van der Waals surface area contributed by atoms with Gasteiger partial charge in [-0.15, -0.1) is 0 Å². The molecule has 0 radical (unpaired) electrons. The van der Waals surface area contributed by atoms with Crippen LogP contribution in [-0.4, -0.2) is 6.54 Å². The minimum Gasteiger partial charge on any atom is -0.307 e. The second kappa shape index (κ2) is 3.54. The molecule has 1 aliphatic heterocycles. The van der Waals surface area contributed by atoms with Crippen molar-refractivity contribution in [3.63, 3.8) is 0 Å². The third kappa shape index (κ3) is 1.73. The van der Waals surface area contributed by atoms with E-state index in [1.54, 1.807) is 12.1 Å². The van der Waals surface area contributed by atoms with Gasteiger partial charge in [0, 0.05) is 21.1 Å². The van der Waals surface area contributed by atoms with Gasteiger partial charge in [0.15, 0.2) is 0 Å². The molecule has 1 N–H and O–H groups in total. The lowest BCUT2D eigenvalue weighted by atomic mass is 9.98. The van der Waals surface area contributed by atoms with Gasteiger partial charge in [-0.05, 0) is 17.7 Å². The van der Waals surface area contributed by atoms with Crippen molar-refractivity contribution in [2.24, 2.45) is 0 Å². The Hall–Kier alpha value is -0.000000000000000111. The summed E-state index contributed by atoms with van der Waals surface area (Å²) in [6.45, 7) is 0.198. The van der Waals surface area contributed by atoms with Crippen LogP contribution in [0.4, 0.5) is 8.78 Å². The van der Waals surface area contributed by atoms with Crippen LogP contribution in [0.1, 0.15) is 11.1 Å². The molecule has 0 amide bonds. The Labute approximate surface area is 97.1 Å². The Morgan fingerprint density at radius 3 is 2.71 bits per heavy atom. The van der Waals surface area contributed by atoms with Crippen molar-refractivity contribution >= 4 is 31.9 Å². The smallest absolute Gasteiger partial charge is 0.286 e. The number of nitrogens with one attached hydrogen (secondary N) is 1. The van der Waals surface area contributed by atoms with E-state index < -0.39 is 5.92 Å². The molecule has 1 aliphatic rings. The summed E-state index contributed by atoms with van der Waals surface area (Å²) in [7, 11) is 0. The van der Waals surface area contributed by atoms with Crippen molar-refractivity contribution in [2.75, 3.05) is 6.54 Å². The van der Waals surface area contributed by atoms with Crippen molar-refractivity contribution in [3.8, 4) is 0 Å². The summed E-state index contributed by atoms with van der Waals surface area (Å²) in [5.41, 5.74) is 0.752. The molecule has 1 heterocycles. The maximum absolute atomic E-state index is 13.5. The molecule has 14 heavy (non-hydrogen) atoms. The predicted octanol–water partition coefficient (Wildman–Crippen LogP) is 3.41. The fraction of sp³-hybridized carbons (Fsp3) is 0.333. The zero-order chi connectivity index (χ0) is 10.3. The Bertz CT molecular complexity index is 379. The molecule has 1 aromatic carbocycles. The van der Waals surface area contributed by atoms with Crippen LogP contribution in [0.5, 0.6) is 0 Å². The summed E-state index contributed by atoms with van der Waals surface area (Å²) in [5, 5.41) is 2.69. The highest BCUT2D eigenvalue weighted by Gasteiger charge is 2.38. The first kappa shape index (κ1) is 10.5. The minimum atomic E-state index is -2.78. The molecular weight excluding hydrogens is 320 g/mol. The fourth-order valence-electron chi connectivity index (χ4n) is 1.62. The SMILES string of the molecule is FC1(F)CNCc2cc(Br)cc(Br)c21. The molecule has 1 nitrogen and oxygen atoms in total. The molecule has 0 saturated carbocycles. The van der Waals surface area contributed by atoms with Gasteiger partial charge in [0.25, 0.3) is 5.92 Å². The Morgan fingerprint density at radius 1 is 1.29 bits per heavy atom. The maximum atomic E-state index is 13.5. The van der Waals surface area contributed by atoms with Gasteiger partial charge >= 0.3 is 0 Å². The van der Waals surface area contributed by atoms with Crippen LogP contribution < -0.4 is 5.32 Å². The van der Waals surface area contributed by atoms with Crippen LogP contribution in [0.15, 0.2) is 21.1 Å². The molecule has 0 aromatic heterocycles. The molecule has 0 saturated heterocycles. The van der Waals surface area contributed by atoms with Gasteiger partial charge in [-0.1, -0.05) is 31.9 Å². The number of halogens is 4. The van der Waals surface area contributed by atoms with Crippen molar-refractivity contribution in [1.82, 2.24) is 5.32 Å². The monoisotopic (exact) mass is 325 g/mol. The lowest BCUT2D eigenvalue weighted by molar-refractivity contribution is -0.0115. The van der Waals surface area contributed by atoms with E-state index >= 15 is 0 Å². The summed E-state index contributed by atoms with van der Waals surface area (Å²) in [6.07, 6.45) is 0. The molecule has 2 rings (SSSR count). The van der Waals surface area contributed by atoms with Gasteiger partial charge in [0.2, 0.25) is 0 Å². The van der Waals surface area contributed by atoms with E-state index in [1.807, 2.05) is 0 Å². The molecule has 0 unspecified atom stereocenters. The van der Waals surface area contributed by atoms with E-state index in [1.165, 1.54) is 0 Å². The number of hydrogen-bond acceptors (Lipinski definition) is 1. The first-order valence-electron chi connectivity index (χ1n) is 4.07. The summed E-state index contributed by atoms with van der Waals surface area (Å²) < 4.78 is 28.2. The fourth-order valence-corrected chi connectivity index (χ4v) is 3.22. The topological polar surface area (TPSA) is 12.0 Å². The number of rotatable bonds is 0. The summed E-state index contributed by atoms with van der Waals surface area (Å²) in [5.74, 6) is -2.78. The minimum absolute atomic E-state index is 0.111. The molecule has 76 valence electrons. The largest absolute Gasteiger partial charge is 0.307 e. The van der Waals surface area contributed by atoms with E-state index in [0.29, 0.717) is 16.6 Å². The van der Waals surface area contributed by atoms with Gasteiger partial charge in [-0.2, -0.15) is 8.78 Å². The van der Waals surface area contributed by atoms with Crippen LogP contribution in [0.25, 0.3) is 0 Å². The highest BCUT2D eigenvalue weighted by Crippen LogP contribution is 2.39. The van der Waals surface area contributed by atoms with Crippen LogP contribution >= 0.6 is 31.9 Å². The van der Waals surface area contributed by atoms with Crippen LogP contribution in [-0.2, 0) is 12.5 Å². The predicted molar refractivity (Wildman–Crippen MR) is 57.4 cm³/mol. The maximum Gasteiger partial charge on any atom is 0.286 e. The highest BCUT2D eigenvalue weighted by atomic mass is 79.9. The lowest BCUT2D eigenvalue weighted by Gasteiger charge is -2.27. The van der Waals surface area contributed by atoms with E-state index in [-0.39, 0.29) is 12.1 Å². The Balaban J connectivity index is 2.63. The molecule has 0 aliphatic carbocycles. The normalized spacial score (nSPS) is 19.1. The Kier molecular flexibility index (Phi) is 2.66. The zero-order valence-corrected chi connectivity index (χ0v) is 10.3. The van der Waals surface area contributed by atoms with E-state index in [2.05, 4.69) is 37.2 Å². The average Bonchev–Trinajstić information content (AvgIpc) is 2.00. The Morgan fingerprint density at radius 2 is 2.00 bits per heavy atom. The number of fused-ring (bicyclic) bond motifs is 1. The van der Waals surface area contributed by atoms with E-state index in [0.717, 1.165) is 4.47 Å². The van der Waals surface area contributed by atoms with Crippen molar-refractivity contribution < 1.29 is 8.78 Å². The molecule has 1 aromatic rings. The van der Waals surface area contributed by atoms with Gasteiger partial charge < -0.3 is 5.32 Å². The van der Waals surface area contributed by atoms with Crippen LogP contribution in [0, 0.1) is 0 Å². The first-order chi connectivity index (χ1) is 6.50. The molecular formula is C9H7Br2F2N. The molecule has 5 heteroatoms. The zero-order valence-electron chi connectivity index (χ0n) is 7.08. The van der Waals surface area contributed by atoms with E-state index in [9.17, 15) is 8.78 Å². The van der Waals surface area contributed by atoms with Crippen LogP contribution in [0.3, 0.4) is 0 Å². The second-order valence-corrected chi connectivity index (χ2v) is 5.00. The van der Waals surface area contributed by atoms with Crippen molar-refractivity contribution in [2.45, 2.75) is 12.5 Å². The average molecular weight is 327 g/mol. The van der Waals surface area contributed by atoms with Crippen molar-refractivity contribution in [3.05, 3.63) is 32.2 Å². The quantitative estimate of drug-likeness (QED) is 0.770. The van der Waals surface area contributed by atoms with Crippen molar-refractivity contribution in [1.29, 1.82) is 0 Å². The first-order valence-corrected chi connectivity index (χ1v) is 5.66. The molecule has 0 bridgehead atoms. The second-order valence-electron chi connectivity index (χ2n) is 3.23. The lowest BCUT2D eigenvalue weighted by Crippen LogP contribution is -2.37. The van der Waals surface area contributed by atoms with Gasteiger partial charge in [-0.25, -0.2) is 0 Å². The highest BCUT2D eigenvalue weighted by molar-refractivity contribution is 9.11. The number of hydrogen-bond donors (Lipinski definition) is 1. The number of alkyl halides is 2. The van der Waals surface area contributed by atoms with Gasteiger partial charge in [0.05, 0.1) is 6.54 Å². The van der Waals surface area contributed by atoms with Crippen LogP contribution in [0.2, 0.25) is 0 Å². The van der Waals surface area contributed by atoms with E-state index in [4.69, 9.17) is 0 Å². The standard InChI is InChI=1S/C9H7Br2F2N/c10-6-1-5-3-14-4-9(12,13)8(5)7(11)2-6/h1-2,14H,3-4H2. The van der Waals surface area contributed by atoms with Gasteiger partial charge in [0.1, 0.15) is 0 Å². The molecule has 0 fully saturated rings. The summed E-state index contributed by atoms with van der Waals surface area (Å²) in [6, 6.07) is 3.37. The molecule has 0 spiro atoms. The molecule has 0 atom stereocenters. The third-order valence-corrected chi connectivity index (χ3v) is 3.25. The summed E-state index contributed by atoms with van der Waals surface area (Å²) >= 11 is 6.45. The summed E-state index contributed by atoms with van der Waals surface area (Å²) in [4.78, 5) is 0. The number of benzene rings is 1. The van der Waals surface area contributed by atoms with Gasteiger partial charge in [-0.3, -0.25) is 0 Å².